The van der Waals surface area contributed by atoms with E-state index in [9.17, 15) is 9.59 Å². The van der Waals surface area contributed by atoms with Crippen LogP contribution in [0.3, 0.4) is 0 Å². The number of nitrogens with one attached hydrogen (secondary N) is 1. The van der Waals surface area contributed by atoms with E-state index in [1.165, 1.54) is 59.1 Å². The Bertz CT molecular complexity index is 1720. The van der Waals surface area contributed by atoms with Gasteiger partial charge in [0.15, 0.2) is 0 Å². The van der Waals surface area contributed by atoms with Crippen LogP contribution < -0.4 is 5.32 Å². The number of benzene rings is 2. The lowest BCUT2D eigenvalue weighted by molar-refractivity contribution is -0.138. The standard InChI is InChI=1S/C19H26N4O.C14H15ClN2O.C6H13N/c1-15(21-9-7-20(2)8-10-21)19(24)22-11-12-23-17(14-22)13-16-5-3-4-6-18(16)23;1-10(15)14(18)16-6-7-17-12(9-16)8-11-4-2-3-5-13(11)17;1-6-2-4-7-5-3-6/h3-6,13,15H,7-12,14H2,1-2H3;2-5,8,10H,6-7,9H2,1H3;6-7H,2-5H2,1H3. The largest absolute Gasteiger partial charge is 0.341 e. The zero-order valence-electron chi connectivity index (χ0n) is 29.8. The number of likely N-dealkylation sites (N-methyl/N-ethyl adjacent to an activating group) is 1. The predicted molar refractivity (Wildman–Crippen MR) is 200 cm³/mol. The molecule has 0 radical (unpaired) electrons. The van der Waals surface area contributed by atoms with Gasteiger partial charge in [0, 0.05) is 74.8 Å². The normalized spacial score (nSPS) is 20.0. The summed E-state index contributed by atoms with van der Waals surface area (Å²) in [7, 11) is 2.15. The molecule has 2 amide bonds. The molecular formula is C39H54ClN7O2. The summed E-state index contributed by atoms with van der Waals surface area (Å²) in [6.45, 7) is 17.3. The molecule has 6 heterocycles. The van der Waals surface area contributed by atoms with E-state index in [1.807, 2.05) is 21.9 Å². The van der Waals surface area contributed by atoms with Crippen molar-refractivity contribution < 1.29 is 9.59 Å². The van der Waals surface area contributed by atoms with E-state index in [4.69, 9.17) is 11.6 Å². The fourth-order valence-corrected chi connectivity index (χ4v) is 7.68. The van der Waals surface area contributed by atoms with E-state index >= 15 is 0 Å². The fraction of sp³-hybridized carbons (Fsp3) is 0.538. The van der Waals surface area contributed by atoms with E-state index in [0.29, 0.717) is 6.54 Å². The summed E-state index contributed by atoms with van der Waals surface area (Å²) in [6.07, 6.45) is 2.75. The molecule has 4 aromatic rings. The first-order chi connectivity index (χ1) is 23.7. The second-order valence-electron chi connectivity index (χ2n) is 14.3. The first-order valence-corrected chi connectivity index (χ1v) is 18.6. The second kappa shape index (κ2) is 16.1. The molecule has 10 heteroatoms. The number of nitrogens with zero attached hydrogens (tertiary/aromatic N) is 6. The van der Waals surface area contributed by atoms with Crippen LogP contribution in [-0.4, -0.2) is 111 Å². The molecule has 0 bridgehead atoms. The van der Waals surface area contributed by atoms with Gasteiger partial charge < -0.3 is 29.2 Å². The van der Waals surface area contributed by atoms with Gasteiger partial charge in [0.25, 0.3) is 0 Å². The minimum absolute atomic E-state index is 0.0189. The number of amides is 2. The van der Waals surface area contributed by atoms with E-state index < -0.39 is 5.38 Å². The van der Waals surface area contributed by atoms with Gasteiger partial charge in [-0.1, -0.05) is 43.3 Å². The maximum Gasteiger partial charge on any atom is 0.240 e. The van der Waals surface area contributed by atoms with Crippen LogP contribution in [0.4, 0.5) is 0 Å². The van der Waals surface area contributed by atoms with Crippen molar-refractivity contribution in [1.29, 1.82) is 0 Å². The number of piperazine rings is 1. The molecule has 2 saturated heterocycles. The third kappa shape index (κ3) is 8.34. The summed E-state index contributed by atoms with van der Waals surface area (Å²) >= 11 is 5.87. The highest BCUT2D eigenvalue weighted by atomic mass is 35.5. The van der Waals surface area contributed by atoms with Gasteiger partial charge in [-0.25, -0.2) is 0 Å². The van der Waals surface area contributed by atoms with Crippen LogP contribution in [-0.2, 0) is 35.8 Å². The Hall–Kier alpha value is -3.37. The first kappa shape index (κ1) is 35.5. The Labute approximate surface area is 296 Å². The number of carbonyl (C=O) groups excluding carboxylic acids is 2. The number of piperidine rings is 1. The zero-order valence-corrected chi connectivity index (χ0v) is 30.5. The lowest BCUT2D eigenvalue weighted by atomic mass is 10.0. The highest BCUT2D eigenvalue weighted by Gasteiger charge is 2.30. The molecule has 9 nitrogen and oxygen atoms in total. The Kier molecular flexibility index (Phi) is 11.7. The summed E-state index contributed by atoms with van der Waals surface area (Å²) in [5.41, 5.74) is 4.97. The highest BCUT2D eigenvalue weighted by Crippen LogP contribution is 2.26. The molecule has 8 rings (SSSR count). The van der Waals surface area contributed by atoms with E-state index in [1.54, 1.807) is 6.92 Å². The van der Waals surface area contributed by atoms with Crippen molar-refractivity contribution in [3.05, 3.63) is 72.1 Å². The van der Waals surface area contributed by atoms with Crippen LogP contribution in [0.2, 0.25) is 0 Å². The highest BCUT2D eigenvalue weighted by molar-refractivity contribution is 6.30. The number of rotatable bonds is 3. The van der Waals surface area contributed by atoms with Gasteiger partial charge in [0.1, 0.15) is 5.38 Å². The minimum Gasteiger partial charge on any atom is -0.341 e. The van der Waals surface area contributed by atoms with Crippen molar-refractivity contribution in [2.75, 3.05) is 59.4 Å². The van der Waals surface area contributed by atoms with E-state index in [2.05, 4.69) is 93.7 Å². The molecule has 2 unspecified atom stereocenters. The van der Waals surface area contributed by atoms with Crippen LogP contribution in [0.5, 0.6) is 0 Å². The van der Waals surface area contributed by atoms with Crippen LogP contribution in [0.15, 0.2) is 60.7 Å². The molecule has 2 aromatic heterocycles. The summed E-state index contributed by atoms with van der Waals surface area (Å²) in [5, 5.41) is 5.38. The van der Waals surface area contributed by atoms with Gasteiger partial charge in [-0.15, -0.1) is 11.6 Å². The molecule has 49 heavy (non-hydrogen) atoms. The minimum atomic E-state index is -0.444. The molecule has 2 fully saturated rings. The number of fused-ring (bicyclic) bond motifs is 6. The van der Waals surface area contributed by atoms with Gasteiger partial charge in [-0.05, 0) is 87.8 Å². The Balaban J connectivity index is 0.000000146. The van der Waals surface area contributed by atoms with E-state index in [0.717, 1.165) is 64.8 Å². The fourth-order valence-electron chi connectivity index (χ4n) is 7.54. The van der Waals surface area contributed by atoms with Crippen LogP contribution in [0, 0.1) is 5.92 Å². The summed E-state index contributed by atoms with van der Waals surface area (Å²) in [6, 6.07) is 21.2. The summed E-state index contributed by atoms with van der Waals surface area (Å²) in [5.74, 6) is 1.27. The first-order valence-electron chi connectivity index (χ1n) is 18.2. The average molecular weight is 688 g/mol. The Morgan fingerprint density at radius 3 is 1.67 bits per heavy atom. The molecule has 0 aliphatic carbocycles. The third-order valence-corrected chi connectivity index (χ3v) is 10.9. The number of hydrogen-bond acceptors (Lipinski definition) is 5. The van der Waals surface area contributed by atoms with Crippen molar-refractivity contribution in [3.63, 3.8) is 0 Å². The molecule has 0 spiro atoms. The van der Waals surface area contributed by atoms with Gasteiger partial charge >= 0.3 is 0 Å². The number of alkyl halides is 1. The number of halogens is 1. The summed E-state index contributed by atoms with van der Waals surface area (Å²) in [4.78, 5) is 33.4. The molecule has 2 atom stereocenters. The van der Waals surface area contributed by atoms with Gasteiger partial charge in [0.2, 0.25) is 11.8 Å². The SMILES string of the molecule is CC(C(=O)N1CCn2c(cc3ccccc32)C1)N1CCN(C)CC1.CC(Cl)C(=O)N1CCn2c(cc3ccccc32)C1.CC1CCNCC1. The Morgan fingerprint density at radius 2 is 1.20 bits per heavy atom. The topological polar surface area (TPSA) is 69.0 Å². The van der Waals surface area contributed by atoms with Gasteiger partial charge in [-0.2, -0.15) is 0 Å². The van der Waals surface area contributed by atoms with Crippen molar-refractivity contribution in [1.82, 2.24) is 34.1 Å². The monoisotopic (exact) mass is 687 g/mol. The van der Waals surface area contributed by atoms with Crippen molar-refractivity contribution >= 4 is 45.2 Å². The Morgan fingerprint density at radius 1 is 0.714 bits per heavy atom. The molecule has 0 saturated carbocycles. The van der Waals surface area contributed by atoms with Gasteiger partial charge in [-0.3, -0.25) is 14.5 Å². The van der Waals surface area contributed by atoms with Gasteiger partial charge in [0.05, 0.1) is 19.1 Å². The number of carbonyl (C=O) groups is 2. The second-order valence-corrected chi connectivity index (χ2v) is 14.9. The molecule has 1 N–H and O–H groups in total. The third-order valence-electron chi connectivity index (χ3n) is 10.7. The lowest BCUT2D eigenvalue weighted by Gasteiger charge is -2.38. The summed E-state index contributed by atoms with van der Waals surface area (Å²) < 4.78 is 4.65. The smallest absolute Gasteiger partial charge is 0.240 e. The van der Waals surface area contributed by atoms with Crippen molar-refractivity contribution in [2.24, 2.45) is 5.92 Å². The molecule has 264 valence electrons. The number of aromatic nitrogens is 2. The van der Waals surface area contributed by atoms with Crippen molar-refractivity contribution in [2.45, 2.75) is 71.2 Å². The average Bonchev–Trinajstić information content (AvgIpc) is 3.69. The lowest BCUT2D eigenvalue weighted by Crippen LogP contribution is -2.54. The zero-order chi connectivity index (χ0) is 34.5. The predicted octanol–water partition coefficient (Wildman–Crippen LogP) is 5.24. The molecule has 4 aliphatic rings. The molecule has 2 aromatic carbocycles. The molecule has 4 aliphatic heterocycles. The van der Waals surface area contributed by atoms with E-state index in [-0.39, 0.29) is 17.9 Å². The number of para-hydroxylation sites is 2. The molecular weight excluding hydrogens is 634 g/mol. The maximum absolute atomic E-state index is 13.0. The quantitative estimate of drug-likeness (QED) is 0.299. The van der Waals surface area contributed by atoms with Crippen LogP contribution in [0.1, 0.15) is 45.0 Å². The van der Waals surface area contributed by atoms with Crippen molar-refractivity contribution in [3.8, 4) is 0 Å². The maximum atomic E-state index is 13.0. The number of hydrogen-bond donors (Lipinski definition) is 1. The van der Waals surface area contributed by atoms with Crippen LogP contribution >= 0.6 is 11.6 Å². The van der Waals surface area contributed by atoms with Crippen LogP contribution in [0.25, 0.3) is 21.8 Å².